The predicted octanol–water partition coefficient (Wildman–Crippen LogP) is 4.57. The number of carbonyl (C=O) groups excluding carboxylic acids is 2. The maximum Gasteiger partial charge on any atom is 0.237 e. The number of carbonyl (C=O) groups is 2. The van der Waals surface area contributed by atoms with Crippen molar-refractivity contribution in [2.75, 3.05) is 12.0 Å². The number of methoxy groups -OCH3 is 1. The summed E-state index contributed by atoms with van der Waals surface area (Å²) in [7, 11) is 1.55. The van der Waals surface area contributed by atoms with Crippen LogP contribution in [-0.2, 0) is 11.2 Å². The van der Waals surface area contributed by atoms with Crippen molar-refractivity contribution in [3.05, 3.63) is 70.7 Å². The number of Topliss-reactive ketones (excluding diaryl/α,β-unsaturated/α-hetero) is 1. The maximum atomic E-state index is 13.2. The highest BCUT2D eigenvalue weighted by atomic mass is 32.1. The number of thiazole rings is 1. The van der Waals surface area contributed by atoms with Crippen LogP contribution in [0.3, 0.4) is 0 Å². The van der Waals surface area contributed by atoms with Gasteiger partial charge < -0.3 is 4.74 Å². The molecule has 3 aromatic rings. The Morgan fingerprint density at radius 1 is 1.15 bits per heavy atom. The van der Waals surface area contributed by atoms with Crippen LogP contribution in [-0.4, -0.2) is 23.8 Å². The van der Waals surface area contributed by atoms with Gasteiger partial charge in [-0.05, 0) is 44.2 Å². The van der Waals surface area contributed by atoms with Gasteiger partial charge in [0.25, 0.3) is 0 Å². The van der Waals surface area contributed by atoms with Crippen molar-refractivity contribution in [2.45, 2.75) is 20.3 Å². The lowest BCUT2D eigenvalue weighted by atomic mass is 10.0. The summed E-state index contributed by atoms with van der Waals surface area (Å²) < 4.78 is 5.38. The first-order chi connectivity index (χ1) is 13.0. The van der Waals surface area contributed by atoms with Gasteiger partial charge in [0, 0.05) is 16.5 Å². The zero-order chi connectivity index (χ0) is 19.4. The molecule has 2 aromatic carbocycles. The standard InChI is InChI=1S/C21H20N2O3S/c1-14-13-27-21(22-14)23(18-7-5-4-6-8-18)20(25)12-17-11-16(15(2)24)9-10-19(17)26-3/h4-11,13H,12H2,1-3H3. The predicted molar refractivity (Wildman–Crippen MR) is 107 cm³/mol. The van der Waals surface area contributed by atoms with Crippen molar-refractivity contribution in [2.24, 2.45) is 0 Å². The Kier molecular flexibility index (Phi) is 5.66. The van der Waals surface area contributed by atoms with Crippen molar-refractivity contribution in [1.82, 2.24) is 4.98 Å². The second-order valence-corrected chi connectivity index (χ2v) is 6.93. The van der Waals surface area contributed by atoms with Crippen LogP contribution in [0.25, 0.3) is 0 Å². The van der Waals surface area contributed by atoms with Gasteiger partial charge in [-0.2, -0.15) is 0 Å². The van der Waals surface area contributed by atoms with E-state index in [0.717, 1.165) is 11.4 Å². The first-order valence-corrected chi connectivity index (χ1v) is 9.35. The molecule has 0 unspecified atom stereocenters. The Bertz CT molecular complexity index is 967. The minimum atomic E-state index is -0.144. The Balaban J connectivity index is 1.98. The largest absolute Gasteiger partial charge is 0.496 e. The number of aryl methyl sites for hydroxylation is 1. The summed E-state index contributed by atoms with van der Waals surface area (Å²) in [5.74, 6) is 0.382. The summed E-state index contributed by atoms with van der Waals surface area (Å²) in [5.41, 5.74) is 2.83. The third-order valence-electron chi connectivity index (χ3n) is 4.09. The van der Waals surface area contributed by atoms with Gasteiger partial charge >= 0.3 is 0 Å². The summed E-state index contributed by atoms with van der Waals surface area (Å²) in [5, 5.41) is 2.53. The van der Waals surface area contributed by atoms with Gasteiger partial charge in [0.05, 0.1) is 24.9 Å². The highest BCUT2D eigenvalue weighted by Crippen LogP contribution is 2.30. The average Bonchev–Trinajstić information content (AvgIpc) is 3.08. The van der Waals surface area contributed by atoms with Crippen LogP contribution in [0.5, 0.6) is 5.75 Å². The van der Waals surface area contributed by atoms with E-state index in [0.29, 0.717) is 22.0 Å². The fraction of sp³-hybridized carbons (Fsp3) is 0.190. The molecule has 27 heavy (non-hydrogen) atoms. The Labute approximate surface area is 162 Å². The molecule has 138 valence electrons. The molecule has 0 radical (unpaired) electrons. The number of amides is 1. The zero-order valence-electron chi connectivity index (χ0n) is 15.4. The number of aromatic nitrogens is 1. The highest BCUT2D eigenvalue weighted by molar-refractivity contribution is 7.14. The minimum absolute atomic E-state index is 0.0539. The van der Waals surface area contributed by atoms with Crippen molar-refractivity contribution in [1.29, 1.82) is 0 Å². The Hall–Kier alpha value is -2.99. The molecule has 0 aliphatic rings. The van der Waals surface area contributed by atoms with E-state index in [1.165, 1.54) is 18.3 Å². The zero-order valence-corrected chi connectivity index (χ0v) is 16.2. The lowest BCUT2D eigenvalue weighted by Crippen LogP contribution is -2.27. The van der Waals surface area contributed by atoms with Gasteiger partial charge in [-0.25, -0.2) is 4.98 Å². The second-order valence-electron chi connectivity index (χ2n) is 6.10. The van der Waals surface area contributed by atoms with Gasteiger partial charge in [0.2, 0.25) is 5.91 Å². The first kappa shape index (κ1) is 18.8. The fourth-order valence-corrected chi connectivity index (χ4v) is 3.60. The molecule has 3 rings (SSSR count). The average molecular weight is 380 g/mol. The van der Waals surface area contributed by atoms with Gasteiger partial charge in [-0.3, -0.25) is 14.5 Å². The minimum Gasteiger partial charge on any atom is -0.496 e. The Morgan fingerprint density at radius 3 is 2.48 bits per heavy atom. The molecule has 0 aliphatic carbocycles. The summed E-state index contributed by atoms with van der Waals surface area (Å²) in [4.78, 5) is 31.0. The number of ketones is 1. The fourth-order valence-electron chi connectivity index (χ4n) is 2.76. The molecule has 0 fully saturated rings. The van der Waals surface area contributed by atoms with Crippen LogP contribution in [0.1, 0.15) is 28.5 Å². The molecular formula is C21H20N2O3S. The molecule has 0 N–H and O–H groups in total. The molecule has 5 nitrogen and oxygen atoms in total. The van der Waals surface area contributed by atoms with E-state index in [-0.39, 0.29) is 18.1 Å². The molecule has 0 aliphatic heterocycles. The third kappa shape index (κ3) is 4.23. The molecule has 6 heteroatoms. The van der Waals surface area contributed by atoms with Crippen molar-refractivity contribution < 1.29 is 14.3 Å². The van der Waals surface area contributed by atoms with E-state index in [1.54, 1.807) is 30.2 Å². The molecule has 1 amide bonds. The number of rotatable bonds is 6. The van der Waals surface area contributed by atoms with E-state index in [1.807, 2.05) is 42.6 Å². The van der Waals surface area contributed by atoms with Crippen LogP contribution in [0.4, 0.5) is 10.8 Å². The summed E-state index contributed by atoms with van der Waals surface area (Å²) in [6.07, 6.45) is 0.0951. The van der Waals surface area contributed by atoms with E-state index in [4.69, 9.17) is 4.74 Å². The SMILES string of the molecule is COc1ccc(C(C)=O)cc1CC(=O)N(c1ccccc1)c1nc(C)cs1. The highest BCUT2D eigenvalue weighted by Gasteiger charge is 2.22. The molecule has 0 atom stereocenters. The maximum absolute atomic E-state index is 13.2. The monoisotopic (exact) mass is 380 g/mol. The van der Waals surface area contributed by atoms with Crippen LogP contribution >= 0.6 is 11.3 Å². The number of anilines is 2. The molecule has 1 aromatic heterocycles. The van der Waals surface area contributed by atoms with E-state index in [2.05, 4.69) is 4.98 Å². The quantitative estimate of drug-likeness (QED) is 0.588. The van der Waals surface area contributed by atoms with Gasteiger partial charge in [0.1, 0.15) is 5.75 Å². The Morgan fingerprint density at radius 2 is 1.89 bits per heavy atom. The van der Waals surface area contributed by atoms with E-state index in [9.17, 15) is 9.59 Å². The molecule has 0 saturated carbocycles. The smallest absolute Gasteiger partial charge is 0.237 e. The normalized spacial score (nSPS) is 10.5. The molecular weight excluding hydrogens is 360 g/mol. The second kappa shape index (κ2) is 8.14. The number of benzene rings is 2. The molecule has 1 heterocycles. The van der Waals surface area contributed by atoms with Crippen LogP contribution < -0.4 is 9.64 Å². The van der Waals surface area contributed by atoms with Gasteiger partial charge in [-0.15, -0.1) is 11.3 Å². The van der Waals surface area contributed by atoms with E-state index >= 15 is 0 Å². The first-order valence-electron chi connectivity index (χ1n) is 8.47. The summed E-state index contributed by atoms with van der Waals surface area (Å²) in [6, 6.07) is 14.6. The number of hydrogen-bond donors (Lipinski definition) is 0. The molecule has 0 bridgehead atoms. The van der Waals surface area contributed by atoms with Crippen molar-refractivity contribution in [3.63, 3.8) is 0 Å². The summed E-state index contributed by atoms with van der Waals surface area (Å²) in [6.45, 7) is 3.40. The van der Waals surface area contributed by atoms with Crippen LogP contribution in [0.2, 0.25) is 0 Å². The van der Waals surface area contributed by atoms with E-state index < -0.39 is 0 Å². The molecule has 0 saturated heterocycles. The number of ether oxygens (including phenoxy) is 1. The number of hydrogen-bond acceptors (Lipinski definition) is 5. The summed E-state index contributed by atoms with van der Waals surface area (Å²) >= 11 is 1.42. The number of nitrogens with zero attached hydrogens (tertiary/aromatic N) is 2. The van der Waals surface area contributed by atoms with Crippen LogP contribution in [0.15, 0.2) is 53.9 Å². The van der Waals surface area contributed by atoms with Gasteiger partial charge in [0.15, 0.2) is 10.9 Å². The van der Waals surface area contributed by atoms with Gasteiger partial charge in [-0.1, -0.05) is 18.2 Å². The third-order valence-corrected chi connectivity index (χ3v) is 5.03. The lowest BCUT2D eigenvalue weighted by molar-refractivity contribution is -0.117. The van der Waals surface area contributed by atoms with Crippen molar-refractivity contribution >= 4 is 33.8 Å². The lowest BCUT2D eigenvalue weighted by Gasteiger charge is -2.21. The topological polar surface area (TPSA) is 59.5 Å². The number of para-hydroxylation sites is 1. The molecule has 0 spiro atoms. The van der Waals surface area contributed by atoms with Crippen molar-refractivity contribution in [3.8, 4) is 5.75 Å². The van der Waals surface area contributed by atoms with Crippen LogP contribution in [0, 0.1) is 6.92 Å².